The normalized spacial score (nSPS) is 21.4. The number of likely N-dealkylation sites (tertiary alicyclic amines) is 1. The summed E-state index contributed by atoms with van der Waals surface area (Å²) in [5.41, 5.74) is -0.517. The van der Waals surface area contributed by atoms with Gasteiger partial charge in [0, 0.05) is 13.1 Å². The van der Waals surface area contributed by atoms with Gasteiger partial charge in [-0.05, 0) is 25.0 Å². The Labute approximate surface area is 132 Å². The number of nitrogens with zero attached hydrogens (tertiary/aromatic N) is 1. The van der Waals surface area contributed by atoms with Gasteiger partial charge in [0.15, 0.2) is 0 Å². The van der Waals surface area contributed by atoms with Gasteiger partial charge < -0.3 is 15.3 Å². The average molecular weight is 331 g/mol. The van der Waals surface area contributed by atoms with E-state index >= 15 is 0 Å². The molecule has 1 aliphatic rings. The Morgan fingerprint density at radius 3 is 2.48 bits per heavy atom. The van der Waals surface area contributed by atoms with Crippen molar-refractivity contribution < 1.29 is 14.7 Å². The van der Waals surface area contributed by atoms with Crippen molar-refractivity contribution in [3.8, 4) is 0 Å². The van der Waals surface area contributed by atoms with Crippen LogP contribution in [0.3, 0.4) is 0 Å². The van der Waals surface area contributed by atoms with Crippen LogP contribution in [-0.4, -0.2) is 35.1 Å². The van der Waals surface area contributed by atoms with E-state index in [1.165, 1.54) is 4.90 Å². The monoisotopic (exact) mass is 330 g/mol. The van der Waals surface area contributed by atoms with Crippen LogP contribution in [0.1, 0.15) is 19.8 Å². The van der Waals surface area contributed by atoms with Gasteiger partial charge in [-0.3, -0.25) is 4.79 Å². The van der Waals surface area contributed by atoms with Crippen LogP contribution in [-0.2, 0) is 4.79 Å². The summed E-state index contributed by atoms with van der Waals surface area (Å²) in [6.07, 6.45) is 0.932. The number of carboxylic acid groups (broad SMARTS) is 1. The van der Waals surface area contributed by atoms with Crippen LogP contribution in [0.2, 0.25) is 10.0 Å². The van der Waals surface area contributed by atoms with Gasteiger partial charge in [0.2, 0.25) is 0 Å². The summed E-state index contributed by atoms with van der Waals surface area (Å²) in [7, 11) is 0. The molecule has 1 aliphatic heterocycles. The maximum atomic E-state index is 12.3. The number of para-hydroxylation sites is 1. The Balaban J connectivity index is 2.11. The minimum atomic E-state index is -0.865. The second kappa shape index (κ2) is 6.12. The molecule has 1 unspecified atom stereocenters. The lowest BCUT2D eigenvalue weighted by Crippen LogP contribution is -2.38. The van der Waals surface area contributed by atoms with E-state index in [1.54, 1.807) is 18.2 Å². The van der Waals surface area contributed by atoms with E-state index < -0.39 is 11.4 Å². The van der Waals surface area contributed by atoms with E-state index in [0.717, 1.165) is 0 Å². The van der Waals surface area contributed by atoms with Crippen LogP contribution in [0.4, 0.5) is 10.5 Å². The number of hydrogen-bond donors (Lipinski definition) is 2. The number of amides is 2. The first kappa shape index (κ1) is 15.9. The van der Waals surface area contributed by atoms with Crippen molar-refractivity contribution >= 4 is 40.9 Å². The molecule has 0 radical (unpaired) electrons. The molecule has 1 heterocycles. The molecule has 0 bridgehead atoms. The molecule has 5 nitrogen and oxygen atoms in total. The zero-order chi connectivity index (χ0) is 15.6. The summed E-state index contributed by atoms with van der Waals surface area (Å²) >= 11 is 12.0. The van der Waals surface area contributed by atoms with Crippen molar-refractivity contribution in [2.24, 2.45) is 5.41 Å². The molecule has 0 saturated carbocycles. The van der Waals surface area contributed by atoms with Crippen molar-refractivity contribution in [2.75, 3.05) is 18.4 Å². The number of carbonyl (C=O) groups excluding carboxylic acids is 1. The van der Waals surface area contributed by atoms with Crippen LogP contribution in [0.15, 0.2) is 18.2 Å². The first-order valence-electron chi connectivity index (χ1n) is 6.63. The number of hydrogen-bond acceptors (Lipinski definition) is 2. The van der Waals surface area contributed by atoms with Crippen molar-refractivity contribution in [1.82, 2.24) is 4.90 Å². The first-order valence-corrected chi connectivity index (χ1v) is 7.38. The summed E-state index contributed by atoms with van der Waals surface area (Å²) in [6, 6.07) is 4.55. The van der Waals surface area contributed by atoms with Gasteiger partial charge in [0.25, 0.3) is 0 Å². The van der Waals surface area contributed by atoms with E-state index in [2.05, 4.69) is 5.32 Å². The van der Waals surface area contributed by atoms with Crippen molar-refractivity contribution in [3.05, 3.63) is 28.2 Å². The fourth-order valence-corrected chi connectivity index (χ4v) is 2.96. The molecule has 7 heteroatoms. The lowest BCUT2D eigenvalue weighted by molar-refractivity contribution is -0.148. The molecule has 21 heavy (non-hydrogen) atoms. The summed E-state index contributed by atoms with van der Waals surface area (Å²) < 4.78 is 0. The summed E-state index contributed by atoms with van der Waals surface area (Å²) in [6.45, 7) is 2.40. The molecular formula is C14H16Cl2N2O3. The first-order chi connectivity index (χ1) is 9.89. The molecule has 1 saturated heterocycles. The maximum Gasteiger partial charge on any atom is 0.321 e. The van der Waals surface area contributed by atoms with E-state index in [-0.39, 0.29) is 12.6 Å². The highest BCUT2D eigenvalue weighted by Gasteiger charge is 2.44. The number of aliphatic carboxylic acids is 1. The molecule has 0 spiro atoms. The molecule has 0 aliphatic carbocycles. The molecular weight excluding hydrogens is 315 g/mol. The predicted octanol–water partition coefficient (Wildman–Crippen LogP) is 3.71. The van der Waals surface area contributed by atoms with Gasteiger partial charge in [-0.25, -0.2) is 4.79 Å². The Hall–Kier alpha value is -1.46. The lowest BCUT2D eigenvalue weighted by atomic mass is 9.84. The zero-order valence-electron chi connectivity index (χ0n) is 11.5. The van der Waals surface area contributed by atoms with Gasteiger partial charge in [0.1, 0.15) is 0 Å². The number of carboxylic acids is 1. The third-order valence-corrected chi connectivity index (χ3v) is 4.60. The van der Waals surface area contributed by atoms with Gasteiger partial charge in [-0.15, -0.1) is 0 Å². The fourth-order valence-electron chi connectivity index (χ4n) is 2.46. The highest BCUT2D eigenvalue weighted by molar-refractivity contribution is 6.39. The summed E-state index contributed by atoms with van der Waals surface area (Å²) in [4.78, 5) is 25.1. The molecule has 1 aromatic rings. The second-order valence-electron chi connectivity index (χ2n) is 5.14. The highest BCUT2D eigenvalue weighted by atomic mass is 35.5. The third-order valence-electron chi connectivity index (χ3n) is 3.97. The largest absolute Gasteiger partial charge is 0.481 e. The quantitative estimate of drug-likeness (QED) is 0.887. The molecule has 2 amide bonds. The molecule has 0 aromatic heterocycles. The Morgan fingerprint density at radius 2 is 2.00 bits per heavy atom. The summed E-state index contributed by atoms with van der Waals surface area (Å²) in [5.74, 6) is -0.865. The fraction of sp³-hybridized carbons (Fsp3) is 0.429. The smallest absolute Gasteiger partial charge is 0.321 e. The molecule has 1 aromatic carbocycles. The van der Waals surface area contributed by atoms with Crippen LogP contribution in [0.25, 0.3) is 0 Å². The standard InChI is InChI=1S/C14H16Cl2N2O3/c1-2-14(12(19)20)6-7-18(8-14)13(21)17-11-9(15)4-3-5-10(11)16/h3-5H,2,6-8H2,1H3,(H,17,21)(H,19,20). The van der Waals surface area contributed by atoms with Gasteiger partial charge >= 0.3 is 12.0 Å². The topological polar surface area (TPSA) is 69.6 Å². The summed E-state index contributed by atoms with van der Waals surface area (Å²) in [5, 5.41) is 12.7. The van der Waals surface area contributed by atoms with Crippen molar-refractivity contribution in [1.29, 1.82) is 0 Å². The zero-order valence-corrected chi connectivity index (χ0v) is 13.0. The van der Waals surface area contributed by atoms with Crippen LogP contribution >= 0.6 is 23.2 Å². The SMILES string of the molecule is CCC1(C(=O)O)CCN(C(=O)Nc2c(Cl)cccc2Cl)C1. The highest BCUT2D eigenvalue weighted by Crippen LogP contribution is 2.35. The van der Waals surface area contributed by atoms with E-state index in [9.17, 15) is 14.7 Å². The van der Waals surface area contributed by atoms with Crippen molar-refractivity contribution in [2.45, 2.75) is 19.8 Å². The number of nitrogens with one attached hydrogen (secondary N) is 1. The predicted molar refractivity (Wildman–Crippen MR) is 82.0 cm³/mol. The van der Waals surface area contributed by atoms with Crippen molar-refractivity contribution in [3.63, 3.8) is 0 Å². The minimum Gasteiger partial charge on any atom is -0.481 e. The molecule has 2 N–H and O–H groups in total. The molecule has 114 valence electrons. The number of urea groups is 1. The Morgan fingerprint density at radius 1 is 1.38 bits per heavy atom. The van der Waals surface area contributed by atoms with Crippen LogP contribution in [0.5, 0.6) is 0 Å². The number of carbonyl (C=O) groups is 2. The Bertz CT molecular complexity index is 559. The average Bonchev–Trinajstić information content (AvgIpc) is 2.89. The maximum absolute atomic E-state index is 12.3. The molecule has 2 rings (SSSR count). The second-order valence-corrected chi connectivity index (χ2v) is 5.95. The minimum absolute atomic E-state index is 0.187. The van der Waals surface area contributed by atoms with E-state index in [0.29, 0.717) is 35.1 Å². The van der Waals surface area contributed by atoms with Gasteiger partial charge in [-0.1, -0.05) is 36.2 Å². The van der Waals surface area contributed by atoms with Crippen LogP contribution < -0.4 is 5.32 Å². The third kappa shape index (κ3) is 3.09. The number of rotatable bonds is 3. The van der Waals surface area contributed by atoms with E-state index in [1.807, 2.05) is 6.92 Å². The van der Waals surface area contributed by atoms with Gasteiger partial charge in [0.05, 0.1) is 21.1 Å². The number of anilines is 1. The number of benzene rings is 1. The molecule has 1 atom stereocenters. The van der Waals surface area contributed by atoms with E-state index in [4.69, 9.17) is 23.2 Å². The number of halogens is 2. The lowest BCUT2D eigenvalue weighted by Gasteiger charge is -2.23. The Kier molecular flexibility index (Phi) is 4.64. The van der Waals surface area contributed by atoms with Gasteiger partial charge in [-0.2, -0.15) is 0 Å². The molecule has 1 fully saturated rings. The van der Waals surface area contributed by atoms with Crippen LogP contribution in [0, 0.1) is 5.41 Å².